The topological polar surface area (TPSA) is 109 Å². The van der Waals surface area contributed by atoms with E-state index in [0.29, 0.717) is 61.9 Å². The molecule has 4 atom stereocenters. The summed E-state index contributed by atoms with van der Waals surface area (Å²) in [6.45, 7) is 5.56. The zero-order valence-electron chi connectivity index (χ0n) is 27.0. The molecule has 4 aromatic rings. The van der Waals surface area contributed by atoms with E-state index in [9.17, 15) is 13.9 Å². The molecule has 15 heteroatoms. The molecule has 8 rings (SSSR count). The van der Waals surface area contributed by atoms with Gasteiger partial charge in [0, 0.05) is 66.3 Å². The predicted octanol–water partition coefficient (Wildman–Crippen LogP) is 5.68. The van der Waals surface area contributed by atoms with E-state index in [2.05, 4.69) is 43.9 Å². The molecule has 4 aliphatic rings. The maximum atomic E-state index is 17.3. The summed E-state index contributed by atoms with van der Waals surface area (Å²) in [6, 6.07) is 5.33. The van der Waals surface area contributed by atoms with Crippen molar-refractivity contribution in [3.05, 3.63) is 33.4 Å². The SMILES string of the molecule is CC(O)C1COc2c(I)c(-c3ccc(F)c4sc(N)[c-]c34)c(F)c3nc(OC[C@@]45CCCN4C[C@H](F)C5)nc(c23)N1CC1CCNCC1.[Ce]. The zero-order valence-corrected chi connectivity index (χ0v) is 33.1. The number of ether oxygens (including phenoxy) is 2. The number of nitrogen functional groups attached to an aromatic ring is 1. The molecule has 0 amide bonds. The molecule has 6 heterocycles. The number of thiophene rings is 1. The molecular formula is C34H37CeF3IN6O3S-. The van der Waals surface area contributed by atoms with Gasteiger partial charge >= 0.3 is 6.01 Å². The van der Waals surface area contributed by atoms with E-state index in [1.807, 2.05) is 4.90 Å². The summed E-state index contributed by atoms with van der Waals surface area (Å²) in [5, 5.41) is 15.6. The van der Waals surface area contributed by atoms with Gasteiger partial charge in [-0.3, -0.25) is 4.90 Å². The van der Waals surface area contributed by atoms with Crippen molar-refractivity contribution in [3.8, 4) is 22.9 Å². The number of aliphatic hydroxyl groups excluding tert-OH is 1. The summed E-state index contributed by atoms with van der Waals surface area (Å²) in [4.78, 5) is 13.8. The fourth-order valence-electron chi connectivity index (χ4n) is 8.15. The summed E-state index contributed by atoms with van der Waals surface area (Å²) in [6.07, 6.45) is 2.28. The minimum atomic E-state index is -0.930. The molecule has 49 heavy (non-hydrogen) atoms. The number of aromatic nitrogens is 2. The predicted molar refractivity (Wildman–Crippen MR) is 189 cm³/mol. The van der Waals surface area contributed by atoms with Gasteiger partial charge in [0.15, 0.2) is 0 Å². The number of halogens is 4. The Morgan fingerprint density at radius 2 is 2.08 bits per heavy atom. The van der Waals surface area contributed by atoms with Gasteiger partial charge in [-0.05, 0) is 97.1 Å². The molecule has 4 N–H and O–H groups in total. The molecular weight excluding hydrogens is 896 g/mol. The average molecular weight is 934 g/mol. The third kappa shape index (κ3) is 6.41. The number of alkyl halides is 1. The number of anilines is 2. The van der Waals surface area contributed by atoms with E-state index < -0.39 is 35.5 Å². The summed E-state index contributed by atoms with van der Waals surface area (Å²) in [5.41, 5.74) is 6.18. The maximum absolute atomic E-state index is 17.3. The first-order valence-electron chi connectivity index (χ1n) is 16.6. The molecule has 260 valence electrons. The second-order valence-corrected chi connectivity index (χ2v) is 15.7. The van der Waals surface area contributed by atoms with Crippen LogP contribution in [0.1, 0.15) is 39.0 Å². The molecule has 3 fully saturated rings. The van der Waals surface area contributed by atoms with Crippen LogP contribution >= 0.6 is 33.9 Å². The monoisotopic (exact) mass is 933 g/mol. The number of nitrogens with two attached hydrogens (primary N) is 1. The van der Waals surface area contributed by atoms with E-state index in [1.165, 1.54) is 12.1 Å². The molecule has 2 aromatic carbocycles. The zero-order chi connectivity index (χ0) is 33.3. The fraction of sp³-hybridized carbons (Fsp3) is 0.529. The van der Waals surface area contributed by atoms with E-state index in [0.717, 1.165) is 56.7 Å². The van der Waals surface area contributed by atoms with Gasteiger partial charge in [0.2, 0.25) is 0 Å². The molecule has 0 aliphatic carbocycles. The average Bonchev–Trinajstić information content (AvgIpc) is 3.70. The van der Waals surface area contributed by atoms with Gasteiger partial charge in [-0.25, -0.2) is 13.2 Å². The Bertz CT molecular complexity index is 1900. The van der Waals surface area contributed by atoms with Crippen molar-refractivity contribution < 1.29 is 69.5 Å². The first-order valence-corrected chi connectivity index (χ1v) is 18.5. The van der Waals surface area contributed by atoms with Gasteiger partial charge in [-0.2, -0.15) is 26.7 Å². The van der Waals surface area contributed by atoms with Crippen LogP contribution in [0.25, 0.3) is 32.1 Å². The standard InChI is InChI=1S/C34H37F3IN6O3S.Ce/c1-17(45)23-15-46-30-26-29(27(37)25(28(30)38)20-3-4-22(36)31-21(20)11-24(39)48-31)41-33(42-32(26)44(23)13-18-5-8-40-9-6-18)47-16-34-7-2-10-43(34)14-19(35)12-34;/h3-4,17-19,23,40,45H,2,5-10,12-16,39H2,1H3;/q-1;/t17?,19-,23?,34+;/m1./s1. The number of fused-ring (bicyclic) bond motifs is 2. The van der Waals surface area contributed by atoms with Gasteiger partial charge in [0.05, 0.1) is 32.5 Å². The van der Waals surface area contributed by atoms with Crippen molar-refractivity contribution in [1.29, 1.82) is 0 Å². The van der Waals surface area contributed by atoms with Crippen LogP contribution in [0.3, 0.4) is 0 Å². The van der Waals surface area contributed by atoms with Crippen LogP contribution in [0.4, 0.5) is 24.0 Å². The fourth-order valence-corrected chi connectivity index (χ4v) is 9.91. The first kappa shape index (κ1) is 36.1. The van der Waals surface area contributed by atoms with E-state index in [-0.39, 0.29) is 76.8 Å². The van der Waals surface area contributed by atoms with Crippen molar-refractivity contribution in [3.63, 3.8) is 0 Å². The largest absolute Gasteiger partial charge is 0.489 e. The number of nitrogens with one attached hydrogen (secondary N) is 1. The minimum absolute atomic E-state index is 0. The number of piperidine rings is 1. The molecule has 0 radical (unpaired) electrons. The Hall–Kier alpha value is -1.28. The van der Waals surface area contributed by atoms with Gasteiger partial charge in [0.1, 0.15) is 42.3 Å². The van der Waals surface area contributed by atoms with Crippen molar-refractivity contribution in [1.82, 2.24) is 20.2 Å². The van der Waals surface area contributed by atoms with Crippen molar-refractivity contribution in [2.75, 3.05) is 56.6 Å². The van der Waals surface area contributed by atoms with E-state index in [1.54, 1.807) is 6.92 Å². The Morgan fingerprint density at radius 1 is 1.29 bits per heavy atom. The summed E-state index contributed by atoms with van der Waals surface area (Å²) < 4.78 is 60.3. The summed E-state index contributed by atoms with van der Waals surface area (Å²) in [7, 11) is 0. The summed E-state index contributed by atoms with van der Waals surface area (Å²) >= 11 is 3.13. The number of nitrogens with zero attached hydrogens (tertiary/aromatic N) is 4. The Morgan fingerprint density at radius 3 is 2.86 bits per heavy atom. The van der Waals surface area contributed by atoms with Crippen molar-refractivity contribution in [2.24, 2.45) is 5.92 Å². The third-order valence-electron chi connectivity index (χ3n) is 10.6. The molecule has 0 bridgehead atoms. The molecule has 3 saturated heterocycles. The van der Waals surface area contributed by atoms with E-state index in [4.69, 9.17) is 20.2 Å². The molecule has 2 aromatic heterocycles. The van der Waals surface area contributed by atoms with Crippen LogP contribution in [0, 0.1) is 68.9 Å². The molecule has 4 aliphatic heterocycles. The third-order valence-corrected chi connectivity index (χ3v) is 12.5. The number of hydrogen-bond acceptors (Lipinski definition) is 10. The smallest absolute Gasteiger partial charge is 0.319 e. The Labute approximate surface area is 334 Å². The normalized spacial score (nSPS) is 24.9. The van der Waals surface area contributed by atoms with Crippen LogP contribution in [-0.2, 0) is 0 Å². The minimum Gasteiger partial charge on any atom is -0.489 e. The van der Waals surface area contributed by atoms with Gasteiger partial charge in [-0.15, -0.1) is 17.7 Å². The quantitative estimate of drug-likeness (QED) is 0.160. The van der Waals surface area contributed by atoms with Gasteiger partial charge in [-0.1, -0.05) is 0 Å². The summed E-state index contributed by atoms with van der Waals surface area (Å²) in [5.74, 6) is 0.0306. The van der Waals surface area contributed by atoms with Crippen LogP contribution in [-0.4, -0.2) is 89.8 Å². The van der Waals surface area contributed by atoms with E-state index >= 15 is 4.39 Å². The van der Waals surface area contributed by atoms with Gasteiger partial charge in [0.25, 0.3) is 0 Å². The second kappa shape index (κ2) is 14.3. The first-order chi connectivity index (χ1) is 23.1. The van der Waals surface area contributed by atoms with Crippen molar-refractivity contribution >= 4 is 65.7 Å². The number of rotatable bonds is 7. The number of hydrogen-bond donors (Lipinski definition) is 3. The number of aliphatic hydroxyl groups is 1. The Balaban J connectivity index is 0.00000378. The molecule has 2 unspecified atom stereocenters. The second-order valence-electron chi connectivity index (χ2n) is 13.6. The van der Waals surface area contributed by atoms with Crippen LogP contribution in [0.15, 0.2) is 12.1 Å². The number of benzene rings is 2. The van der Waals surface area contributed by atoms with Crippen LogP contribution in [0.5, 0.6) is 11.8 Å². The van der Waals surface area contributed by atoms with Crippen LogP contribution < -0.4 is 25.4 Å². The van der Waals surface area contributed by atoms with Crippen molar-refractivity contribution in [2.45, 2.75) is 62.9 Å². The van der Waals surface area contributed by atoms with Gasteiger partial charge < -0.3 is 30.5 Å². The maximum Gasteiger partial charge on any atom is 0.319 e. The van der Waals surface area contributed by atoms with Crippen LogP contribution in [0.2, 0.25) is 0 Å². The Kier molecular flexibility index (Phi) is 10.5. The molecule has 0 spiro atoms. The molecule has 0 saturated carbocycles. The molecule has 9 nitrogen and oxygen atoms in total.